The Labute approximate surface area is 89.9 Å². The third kappa shape index (κ3) is 3.14. The molecule has 78 valence electrons. The van der Waals surface area contributed by atoms with Gasteiger partial charge in [0.15, 0.2) is 0 Å². The standard InChI is InChI=1S/C13H14O2/c1-3-10(2)12(13(14)15)9-11-7-5-4-6-8-11/h1,4-8,10,12H,9H2,2H3,(H,14,15). The Morgan fingerprint density at radius 1 is 1.47 bits per heavy atom. The molecule has 0 aromatic heterocycles. The highest BCUT2D eigenvalue weighted by Gasteiger charge is 2.23. The first-order valence-corrected chi connectivity index (χ1v) is 4.88. The molecule has 0 saturated carbocycles. The minimum absolute atomic E-state index is 0.247. The van der Waals surface area contributed by atoms with Crippen LogP contribution in [0.15, 0.2) is 30.3 Å². The summed E-state index contributed by atoms with van der Waals surface area (Å²) in [6.45, 7) is 1.77. The Hall–Kier alpha value is -1.75. The number of carboxylic acids is 1. The number of carbonyl (C=O) groups is 1. The molecule has 0 saturated heterocycles. The van der Waals surface area contributed by atoms with Crippen LogP contribution in [0.2, 0.25) is 0 Å². The number of benzene rings is 1. The van der Waals surface area contributed by atoms with Crippen molar-refractivity contribution in [3.8, 4) is 12.3 Å². The van der Waals surface area contributed by atoms with Gasteiger partial charge in [0.2, 0.25) is 0 Å². The second kappa shape index (κ2) is 5.21. The minimum atomic E-state index is -0.829. The molecule has 2 nitrogen and oxygen atoms in total. The van der Waals surface area contributed by atoms with Crippen molar-refractivity contribution < 1.29 is 9.90 Å². The van der Waals surface area contributed by atoms with E-state index in [0.29, 0.717) is 6.42 Å². The average Bonchev–Trinajstić information content (AvgIpc) is 2.26. The molecular formula is C13H14O2. The summed E-state index contributed by atoms with van der Waals surface area (Å²) in [7, 11) is 0. The topological polar surface area (TPSA) is 37.3 Å². The normalized spacial score (nSPS) is 13.9. The van der Waals surface area contributed by atoms with E-state index in [-0.39, 0.29) is 5.92 Å². The summed E-state index contributed by atoms with van der Waals surface area (Å²) in [5.74, 6) is 0.907. The van der Waals surface area contributed by atoms with Crippen LogP contribution in [0.3, 0.4) is 0 Å². The lowest BCUT2D eigenvalue weighted by molar-refractivity contribution is -0.142. The summed E-state index contributed by atoms with van der Waals surface area (Å²) in [5, 5.41) is 9.04. The molecule has 0 aliphatic rings. The number of hydrogen-bond donors (Lipinski definition) is 1. The van der Waals surface area contributed by atoms with E-state index in [1.165, 1.54) is 0 Å². The molecule has 1 N–H and O–H groups in total. The highest BCUT2D eigenvalue weighted by Crippen LogP contribution is 2.17. The second-order valence-corrected chi connectivity index (χ2v) is 3.59. The molecule has 0 bridgehead atoms. The molecule has 1 aromatic carbocycles. The summed E-state index contributed by atoms with van der Waals surface area (Å²) >= 11 is 0. The molecule has 0 fully saturated rings. The lowest BCUT2D eigenvalue weighted by atomic mass is 9.89. The van der Waals surface area contributed by atoms with Gasteiger partial charge in [-0.1, -0.05) is 37.3 Å². The molecular weight excluding hydrogens is 188 g/mol. The van der Waals surface area contributed by atoms with Crippen LogP contribution in [0.4, 0.5) is 0 Å². The van der Waals surface area contributed by atoms with Gasteiger partial charge in [-0.2, -0.15) is 0 Å². The van der Waals surface area contributed by atoms with Crippen molar-refractivity contribution >= 4 is 5.97 Å². The van der Waals surface area contributed by atoms with Gasteiger partial charge in [-0.3, -0.25) is 4.79 Å². The number of carboxylic acid groups (broad SMARTS) is 1. The van der Waals surface area contributed by atoms with E-state index in [9.17, 15) is 4.79 Å². The van der Waals surface area contributed by atoms with Crippen LogP contribution < -0.4 is 0 Å². The van der Waals surface area contributed by atoms with E-state index >= 15 is 0 Å². The van der Waals surface area contributed by atoms with E-state index in [4.69, 9.17) is 11.5 Å². The largest absolute Gasteiger partial charge is 0.481 e. The molecule has 1 aromatic rings. The van der Waals surface area contributed by atoms with Gasteiger partial charge in [0.05, 0.1) is 5.92 Å². The first-order valence-electron chi connectivity index (χ1n) is 4.88. The van der Waals surface area contributed by atoms with Gasteiger partial charge in [-0.05, 0) is 12.0 Å². The summed E-state index contributed by atoms with van der Waals surface area (Å²) in [6, 6.07) is 9.53. The van der Waals surface area contributed by atoms with Crippen molar-refractivity contribution in [2.75, 3.05) is 0 Å². The predicted octanol–water partition coefficient (Wildman–Crippen LogP) is 2.20. The average molecular weight is 202 g/mol. The van der Waals surface area contributed by atoms with Gasteiger partial charge in [0, 0.05) is 5.92 Å². The summed E-state index contributed by atoms with van der Waals surface area (Å²) in [6.07, 6.45) is 5.74. The molecule has 0 heterocycles. The molecule has 0 aliphatic carbocycles. The zero-order valence-electron chi connectivity index (χ0n) is 8.68. The van der Waals surface area contributed by atoms with Gasteiger partial charge in [0.25, 0.3) is 0 Å². The lowest BCUT2D eigenvalue weighted by Crippen LogP contribution is -2.22. The Bertz CT molecular complexity index is 362. The molecule has 2 heteroatoms. The molecule has 2 atom stereocenters. The predicted molar refractivity (Wildman–Crippen MR) is 59.3 cm³/mol. The first kappa shape index (κ1) is 11.3. The fourth-order valence-corrected chi connectivity index (χ4v) is 1.46. The van der Waals surface area contributed by atoms with Crippen LogP contribution >= 0.6 is 0 Å². The SMILES string of the molecule is C#CC(C)C(Cc1ccccc1)C(=O)O. The highest BCUT2D eigenvalue weighted by atomic mass is 16.4. The monoisotopic (exact) mass is 202 g/mol. The Kier molecular flexibility index (Phi) is 3.93. The van der Waals surface area contributed by atoms with Gasteiger partial charge < -0.3 is 5.11 Å². The fourth-order valence-electron chi connectivity index (χ4n) is 1.46. The first-order chi connectivity index (χ1) is 7.15. The maximum absolute atomic E-state index is 11.0. The smallest absolute Gasteiger partial charge is 0.308 e. The van der Waals surface area contributed by atoms with E-state index in [1.807, 2.05) is 30.3 Å². The van der Waals surface area contributed by atoms with Crippen molar-refractivity contribution in [2.45, 2.75) is 13.3 Å². The third-order valence-corrected chi connectivity index (χ3v) is 2.48. The van der Waals surface area contributed by atoms with E-state index in [1.54, 1.807) is 6.92 Å². The maximum Gasteiger partial charge on any atom is 0.308 e. The molecule has 15 heavy (non-hydrogen) atoms. The van der Waals surface area contributed by atoms with Crippen molar-refractivity contribution in [3.05, 3.63) is 35.9 Å². The van der Waals surface area contributed by atoms with Crippen LogP contribution in [-0.2, 0) is 11.2 Å². The number of aliphatic carboxylic acids is 1. The summed E-state index contributed by atoms with van der Waals surface area (Å²) in [5.41, 5.74) is 1.01. The number of rotatable bonds is 4. The van der Waals surface area contributed by atoms with Gasteiger partial charge >= 0.3 is 5.97 Å². The van der Waals surface area contributed by atoms with Crippen LogP contribution in [0, 0.1) is 24.2 Å². The lowest BCUT2D eigenvalue weighted by Gasteiger charge is -2.15. The Morgan fingerprint density at radius 3 is 2.53 bits per heavy atom. The van der Waals surface area contributed by atoms with E-state index < -0.39 is 11.9 Å². The van der Waals surface area contributed by atoms with Crippen molar-refractivity contribution in [3.63, 3.8) is 0 Å². The molecule has 0 amide bonds. The maximum atomic E-state index is 11.0. The molecule has 1 rings (SSSR count). The summed E-state index contributed by atoms with van der Waals surface area (Å²) in [4.78, 5) is 11.0. The van der Waals surface area contributed by atoms with Crippen LogP contribution in [0.1, 0.15) is 12.5 Å². The molecule has 2 unspecified atom stereocenters. The van der Waals surface area contributed by atoms with Crippen molar-refractivity contribution in [1.82, 2.24) is 0 Å². The fraction of sp³-hybridized carbons (Fsp3) is 0.308. The Morgan fingerprint density at radius 2 is 2.07 bits per heavy atom. The van der Waals surface area contributed by atoms with Crippen LogP contribution in [0.25, 0.3) is 0 Å². The quantitative estimate of drug-likeness (QED) is 0.760. The van der Waals surface area contributed by atoms with E-state index in [0.717, 1.165) is 5.56 Å². The Balaban J connectivity index is 2.77. The highest BCUT2D eigenvalue weighted by molar-refractivity contribution is 5.71. The van der Waals surface area contributed by atoms with Crippen molar-refractivity contribution in [2.24, 2.45) is 11.8 Å². The summed E-state index contributed by atoms with van der Waals surface area (Å²) < 4.78 is 0. The van der Waals surface area contributed by atoms with Gasteiger partial charge in [-0.15, -0.1) is 12.3 Å². The second-order valence-electron chi connectivity index (χ2n) is 3.59. The van der Waals surface area contributed by atoms with Crippen LogP contribution in [-0.4, -0.2) is 11.1 Å². The third-order valence-electron chi connectivity index (χ3n) is 2.48. The molecule has 0 radical (unpaired) electrons. The minimum Gasteiger partial charge on any atom is -0.481 e. The van der Waals surface area contributed by atoms with Crippen LogP contribution in [0.5, 0.6) is 0 Å². The zero-order chi connectivity index (χ0) is 11.3. The van der Waals surface area contributed by atoms with E-state index in [2.05, 4.69) is 5.92 Å². The van der Waals surface area contributed by atoms with Crippen molar-refractivity contribution in [1.29, 1.82) is 0 Å². The number of hydrogen-bond acceptors (Lipinski definition) is 1. The molecule has 0 aliphatic heterocycles. The van der Waals surface area contributed by atoms with Gasteiger partial charge in [0.1, 0.15) is 0 Å². The number of terminal acetylenes is 1. The van der Waals surface area contributed by atoms with Gasteiger partial charge in [-0.25, -0.2) is 0 Å². The zero-order valence-corrected chi connectivity index (χ0v) is 8.68. The molecule has 0 spiro atoms.